The van der Waals surface area contributed by atoms with E-state index >= 15 is 0 Å². The van der Waals surface area contributed by atoms with E-state index in [4.69, 9.17) is 0 Å². The topological polar surface area (TPSA) is 13.1 Å². The Kier molecular flexibility index (Phi) is 8.63. The molecule has 13 rings (SSSR count). The first-order valence-electron chi connectivity index (χ1n) is 25.6. The number of hydrogen-bond acceptors (Lipinski definition) is 1. The third-order valence-corrected chi connectivity index (χ3v) is 16.8. The second kappa shape index (κ2) is 14.0. The zero-order valence-electron chi connectivity index (χ0n) is 43.6. The van der Waals surface area contributed by atoms with Gasteiger partial charge in [-0.3, -0.25) is 0 Å². The molecule has 346 valence electrons. The summed E-state index contributed by atoms with van der Waals surface area (Å²) in [5, 5.41) is 5.33. The Morgan fingerprint density at radius 1 is 0.471 bits per heavy atom. The Bertz CT molecular complexity index is 3940. The van der Waals surface area contributed by atoms with Gasteiger partial charge >= 0.3 is 0 Å². The van der Waals surface area contributed by atoms with E-state index in [1.807, 2.05) is 0 Å². The minimum absolute atomic E-state index is 0.00474. The summed E-state index contributed by atoms with van der Waals surface area (Å²) in [6.45, 7) is 33.0. The normalized spacial score (nSPS) is 14.8. The second-order valence-corrected chi connectivity index (χ2v) is 24.9. The van der Waals surface area contributed by atoms with Gasteiger partial charge in [0.1, 0.15) is 0 Å². The summed E-state index contributed by atoms with van der Waals surface area (Å²) in [7, 11) is 0. The summed E-state index contributed by atoms with van der Waals surface area (Å²) in [5.74, 6) is 0. The molecule has 0 radical (unpaired) electrons. The molecule has 2 aromatic heterocycles. The van der Waals surface area contributed by atoms with Crippen LogP contribution in [0.15, 0.2) is 133 Å². The highest BCUT2D eigenvalue weighted by Crippen LogP contribution is 2.53. The molecule has 0 fully saturated rings. The molecular weight excluding hydrogens is 846 g/mol. The van der Waals surface area contributed by atoms with Crippen molar-refractivity contribution in [2.24, 2.45) is 0 Å². The van der Waals surface area contributed by atoms with Crippen LogP contribution in [0.2, 0.25) is 0 Å². The van der Waals surface area contributed by atoms with Gasteiger partial charge in [0.15, 0.2) is 0 Å². The molecule has 0 bridgehead atoms. The summed E-state index contributed by atoms with van der Waals surface area (Å²) in [6, 6.07) is 52.9. The number of para-hydroxylation sites is 1. The maximum absolute atomic E-state index is 2.69. The molecule has 8 aromatic carbocycles. The fraction of sp³-hybridized carbons (Fsp3) is 0.273. The number of rotatable bonds is 2. The lowest BCUT2D eigenvalue weighted by atomic mass is 9.33. The van der Waals surface area contributed by atoms with Crippen LogP contribution in [0.5, 0.6) is 0 Å². The largest absolute Gasteiger partial charge is 0.311 e. The van der Waals surface area contributed by atoms with Crippen LogP contribution in [-0.2, 0) is 21.7 Å². The lowest BCUT2D eigenvalue weighted by molar-refractivity contribution is 0.590. The highest BCUT2D eigenvalue weighted by molar-refractivity contribution is 7.00. The molecule has 4 heterocycles. The molecular formula is C66H64BN3. The average Bonchev–Trinajstić information content (AvgIpc) is 3.88. The van der Waals surface area contributed by atoms with Crippen LogP contribution < -0.4 is 21.3 Å². The van der Waals surface area contributed by atoms with Crippen molar-refractivity contribution in [1.29, 1.82) is 0 Å². The van der Waals surface area contributed by atoms with Gasteiger partial charge in [-0.2, -0.15) is 0 Å². The van der Waals surface area contributed by atoms with E-state index in [1.165, 1.54) is 144 Å². The average molecular weight is 910 g/mol. The maximum atomic E-state index is 2.69. The molecule has 2 aliphatic heterocycles. The van der Waals surface area contributed by atoms with Gasteiger partial charge in [0.05, 0.1) is 27.8 Å². The monoisotopic (exact) mass is 910 g/mol. The van der Waals surface area contributed by atoms with Gasteiger partial charge in [-0.05, 0) is 158 Å². The Morgan fingerprint density at radius 2 is 1.13 bits per heavy atom. The maximum Gasteiger partial charge on any atom is 0.252 e. The Labute approximate surface area is 414 Å². The lowest BCUT2D eigenvalue weighted by Gasteiger charge is -2.41. The van der Waals surface area contributed by atoms with Crippen molar-refractivity contribution in [2.45, 2.75) is 119 Å². The van der Waals surface area contributed by atoms with E-state index in [-0.39, 0.29) is 28.4 Å². The van der Waals surface area contributed by atoms with E-state index in [9.17, 15) is 0 Å². The molecule has 4 heteroatoms. The van der Waals surface area contributed by atoms with E-state index in [1.54, 1.807) is 0 Å². The van der Waals surface area contributed by atoms with Crippen molar-refractivity contribution >= 4 is 83.8 Å². The van der Waals surface area contributed by atoms with Crippen molar-refractivity contribution < 1.29 is 0 Å². The molecule has 1 aliphatic carbocycles. The summed E-state index contributed by atoms with van der Waals surface area (Å²) < 4.78 is 5.26. The molecule has 10 aromatic rings. The van der Waals surface area contributed by atoms with Gasteiger partial charge < -0.3 is 14.0 Å². The number of nitrogens with zero attached hydrogens (tertiary/aromatic N) is 3. The minimum Gasteiger partial charge on any atom is -0.311 e. The van der Waals surface area contributed by atoms with Crippen LogP contribution in [-0.4, -0.2) is 15.8 Å². The highest BCUT2D eigenvalue weighted by Gasteiger charge is 2.45. The Hall–Kier alpha value is -6.78. The molecule has 0 spiro atoms. The van der Waals surface area contributed by atoms with E-state index in [0.717, 1.165) is 0 Å². The van der Waals surface area contributed by atoms with Crippen molar-refractivity contribution in [3.8, 4) is 22.5 Å². The number of benzene rings is 8. The fourth-order valence-electron chi connectivity index (χ4n) is 13.2. The molecule has 0 N–H and O–H groups in total. The number of aromatic nitrogens is 2. The molecule has 0 unspecified atom stereocenters. The first-order valence-corrected chi connectivity index (χ1v) is 25.6. The zero-order valence-corrected chi connectivity index (χ0v) is 43.6. The van der Waals surface area contributed by atoms with E-state index in [0.29, 0.717) is 0 Å². The molecule has 0 atom stereocenters. The summed E-state index contributed by atoms with van der Waals surface area (Å²) >= 11 is 0. The van der Waals surface area contributed by atoms with Crippen molar-refractivity contribution in [3.05, 3.63) is 178 Å². The van der Waals surface area contributed by atoms with Crippen LogP contribution in [0.25, 0.3) is 66.1 Å². The summed E-state index contributed by atoms with van der Waals surface area (Å²) in [4.78, 5) is 2.68. The molecule has 70 heavy (non-hydrogen) atoms. The quantitative estimate of drug-likeness (QED) is 0.158. The predicted octanol–water partition coefficient (Wildman–Crippen LogP) is 15.6. The number of aryl methyl sites for hydroxylation is 3. The second-order valence-electron chi connectivity index (χ2n) is 24.9. The Morgan fingerprint density at radius 3 is 1.86 bits per heavy atom. The highest BCUT2D eigenvalue weighted by atomic mass is 15.2. The number of fused-ring (bicyclic) bond motifs is 14. The van der Waals surface area contributed by atoms with Crippen molar-refractivity contribution in [1.82, 2.24) is 9.13 Å². The summed E-state index contributed by atoms with van der Waals surface area (Å²) in [6.07, 6.45) is 0. The smallest absolute Gasteiger partial charge is 0.252 e. The van der Waals surface area contributed by atoms with Crippen LogP contribution >= 0.6 is 0 Å². The first-order chi connectivity index (χ1) is 33.1. The Balaban J connectivity index is 1.24. The standard InChI is InChI=1S/C66H64BN3/c1-37-22-28-53-45(30-37)46-34-52-57(36-55(46)69(53)61-38(2)18-17-19-39(61)3)68(42-25-26-44-43-20-15-16-21-48(43)66(13,14)49(44)33-42)58-35-50(65(10,11)12)59-47-31-40(63(4,5)6)24-29-54(47)70-56-32-41(64(7,8)9)23-27-51(56)67(52)60(58)62(59)70/h15-36H,1-14H3. The molecule has 3 nitrogen and oxygen atoms in total. The van der Waals surface area contributed by atoms with Crippen LogP contribution in [0.3, 0.4) is 0 Å². The van der Waals surface area contributed by atoms with E-state index in [2.05, 4.69) is 244 Å². The van der Waals surface area contributed by atoms with Crippen LogP contribution in [0.4, 0.5) is 17.1 Å². The van der Waals surface area contributed by atoms with Gasteiger partial charge in [0.25, 0.3) is 6.71 Å². The number of hydrogen-bond donors (Lipinski definition) is 0. The number of anilines is 3. The summed E-state index contributed by atoms with van der Waals surface area (Å²) in [5.41, 5.74) is 28.5. The van der Waals surface area contributed by atoms with Gasteiger partial charge in [0.2, 0.25) is 0 Å². The molecule has 3 aliphatic rings. The van der Waals surface area contributed by atoms with Gasteiger partial charge in [0, 0.05) is 49.7 Å². The van der Waals surface area contributed by atoms with Crippen LogP contribution in [0, 0.1) is 20.8 Å². The van der Waals surface area contributed by atoms with Crippen LogP contribution in [0.1, 0.15) is 121 Å². The molecule has 0 amide bonds. The zero-order chi connectivity index (χ0) is 48.9. The third-order valence-electron chi connectivity index (χ3n) is 16.8. The van der Waals surface area contributed by atoms with Gasteiger partial charge in [-0.1, -0.05) is 161 Å². The van der Waals surface area contributed by atoms with Crippen molar-refractivity contribution in [3.63, 3.8) is 0 Å². The third kappa shape index (κ3) is 5.77. The SMILES string of the molecule is Cc1ccc2c(c1)c1cc3c(cc1n2-c1c(C)cccc1C)N(c1ccc2c(c1)C(C)(C)c1ccccc1-2)c1cc(C(C)(C)C)c2c4cc(C(C)(C)C)ccc4n4c2c1B3c1ccc(C(C)(C)C)cc1-4. The van der Waals surface area contributed by atoms with Crippen molar-refractivity contribution in [2.75, 3.05) is 4.90 Å². The molecule has 0 saturated heterocycles. The minimum atomic E-state index is -0.168. The van der Waals surface area contributed by atoms with Gasteiger partial charge in [-0.25, -0.2) is 0 Å². The lowest BCUT2D eigenvalue weighted by Crippen LogP contribution is -2.60. The predicted molar refractivity (Wildman–Crippen MR) is 302 cm³/mol. The first kappa shape index (κ1) is 43.3. The van der Waals surface area contributed by atoms with Gasteiger partial charge in [-0.15, -0.1) is 0 Å². The fourth-order valence-corrected chi connectivity index (χ4v) is 13.2. The molecule has 0 saturated carbocycles. The van der Waals surface area contributed by atoms with E-state index < -0.39 is 0 Å².